The van der Waals surface area contributed by atoms with Gasteiger partial charge in [-0.25, -0.2) is 9.97 Å². The minimum Gasteiger partial charge on any atom is -0.297 e. The smallest absolute Gasteiger partial charge is 0.234 e. The normalized spacial score (nSPS) is 18.6. The van der Waals surface area contributed by atoms with Crippen molar-refractivity contribution in [1.29, 1.82) is 0 Å². The maximum atomic E-state index is 4.52. The first-order chi connectivity index (χ1) is 8.74. The van der Waals surface area contributed by atoms with Crippen molar-refractivity contribution in [2.45, 2.75) is 33.2 Å². The molecular formula is C14H20N4. The van der Waals surface area contributed by atoms with Crippen molar-refractivity contribution >= 4 is 5.78 Å². The van der Waals surface area contributed by atoms with E-state index in [9.17, 15) is 0 Å². The molecule has 0 atom stereocenters. The highest BCUT2D eigenvalue weighted by Crippen LogP contribution is 2.19. The third kappa shape index (κ3) is 2.12. The Morgan fingerprint density at radius 3 is 2.89 bits per heavy atom. The lowest BCUT2D eigenvalue weighted by atomic mass is 9.99. The molecule has 4 nitrogen and oxygen atoms in total. The zero-order chi connectivity index (χ0) is 12.5. The first kappa shape index (κ1) is 11.7. The molecule has 2 aromatic rings. The highest BCUT2D eigenvalue weighted by molar-refractivity contribution is 5.34. The molecule has 1 aliphatic heterocycles. The van der Waals surface area contributed by atoms with E-state index < -0.39 is 0 Å². The van der Waals surface area contributed by atoms with Gasteiger partial charge in [0.05, 0.1) is 11.4 Å². The first-order valence-electron chi connectivity index (χ1n) is 6.75. The number of likely N-dealkylation sites (tertiary alicyclic amines) is 1. The lowest BCUT2D eigenvalue weighted by Crippen LogP contribution is -2.32. The second-order valence-corrected chi connectivity index (χ2v) is 5.39. The van der Waals surface area contributed by atoms with Crippen LogP contribution in [0.15, 0.2) is 18.5 Å². The van der Waals surface area contributed by atoms with Crippen LogP contribution in [0, 0.1) is 12.8 Å². The van der Waals surface area contributed by atoms with E-state index in [0.717, 1.165) is 23.9 Å². The van der Waals surface area contributed by atoms with Crippen LogP contribution in [0.2, 0.25) is 0 Å². The summed E-state index contributed by atoms with van der Waals surface area (Å²) in [5.74, 6) is 1.70. The topological polar surface area (TPSA) is 33.4 Å². The summed E-state index contributed by atoms with van der Waals surface area (Å²) < 4.78 is 2.12. The van der Waals surface area contributed by atoms with Gasteiger partial charge in [-0.3, -0.25) is 9.30 Å². The summed E-state index contributed by atoms with van der Waals surface area (Å²) in [5.41, 5.74) is 2.39. The number of nitrogens with zero attached hydrogens (tertiary/aromatic N) is 4. The average molecular weight is 244 g/mol. The number of hydrogen-bond donors (Lipinski definition) is 0. The molecular weight excluding hydrogens is 224 g/mol. The molecule has 3 heterocycles. The van der Waals surface area contributed by atoms with E-state index >= 15 is 0 Å². The van der Waals surface area contributed by atoms with E-state index in [1.165, 1.54) is 31.6 Å². The third-order valence-electron chi connectivity index (χ3n) is 3.95. The molecule has 0 unspecified atom stereocenters. The second kappa shape index (κ2) is 4.69. The first-order valence-corrected chi connectivity index (χ1v) is 6.75. The van der Waals surface area contributed by atoms with Crippen molar-refractivity contribution in [2.75, 3.05) is 13.1 Å². The van der Waals surface area contributed by atoms with Gasteiger partial charge >= 0.3 is 0 Å². The fraction of sp³-hybridized carbons (Fsp3) is 0.571. The highest BCUT2D eigenvalue weighted by atomic mass is 15.2. The molecule has 2 aromatic heterocycles. The van der Waals surface area contributed by atoms with E-state index in [1.807, 2.05) is 6.07 Å². The van der Waals surface area contributed by atoms with Crippen LogP contribution >= 0.6 is 0 Å². The van der Waals surface area contributed by atoms with Gasteiger partial charge < -0.3 is 0 Å². The maximum absolute atomic E-state index is 4.52. The lowest BCUT2D eigenvalue weighted by molar-refractivity contribution is 0.183. The molecule has 4 heteroatoms. The predicted molar refractivity (Wildman–Crippen MR) is 71.4 cm³/mol. The Labute approximate surface area is 108 Å². The van der Waals surface area contributed by atoms with Gasteiger partial charge in [0.15, 0.2) is 0 Å². The molecule has 0 N–H and O–H groups in total. The van der Waals surface area contributed by atoms with E-state index in [1.54, 1.807) is 6.20 Å². The Kier molecular flexibility index (Phi) is 3.04. The van der Waals surface area contributed by atoms with Crippen molar-refractivity contribution < 1.29 is 0 Å². The molecule has 0 radical (unpaired) electrons. The largest absolute Gasteiger partial charge is 0.297 e. The molecule has 3 rings (SSSR count). The van der Waals surface area contributed by atoms with Crippen LogP contribution in [0.1, 0.15) is 31.2 Å². The minimum atomic E-state index is 0.815. The molecule has 18 heavy (non-hydrogen) atoms. The SMILES string of the molecule is Cc1nc2ncccn2c1CN1CCC(C)CC1. The van der Waals surface area contributed by atoms with Crippen LogP contribution in [0.4, 0.5) is 0 Å². The zero-order valence-corrected chi connectivity index (χ0v) is 11.1. The summed E-state index contributed by atoms with van der Waals surface area (Å²) in [6.07, 6.45) is 6.49. The molecule has 0 bridgehead atoms. The Bertz CT molecular complexity index is 538. The monoisotopic (exact) mass is 244 g/mol. The van der Waals surface area contributed by atoms with Crippen LogP contribution in [0.25, 0.3) is 5.78 Å². The maximum Gasteiger partial charge on any atom is 0.234 e. The quantitative estimate of drug-likeness (QED) is 0.812. The molecule has 1 aliphatic rings. The zero-order valence-electron chi connectivity index (χ0n) is 11.1. The molecule has 0 amide bonds. The van der Waals surface area contributed by atoms with Crippen LogP contribution in [0.5, 0.6) is 0 Å². The number of hydrogen-bond acceptors (Lipinski definition) is 3. The summed E-state index contributed by atoms with van der Waals surface area (Å²) in [6.45, 7) is 7.82. The van der Waals surface area contributed by atoms with Crippen molar-refractivity contribution in [1.82, 2.24) is 19.3 Å². The van der Waals surface area contributed by atoms with Crippen molar-refractivity contribution in [2.24, 2.45) is 5.92 Å². The standard InChI is InChI=1S/C14H20N4/c1-11-4-8-17(9-5-11)10-13-12(2)16-14-15-6-3-7-18(13)14/h3,6-7,11H,4-5,8-10H2,1-2H3. The van der Waals surface area contributed by atoms with Gasteiger partial charge in [-0.15, -0.1) is 0 Å². The number of aryl methyl sites for hydroxylation is 1. The molecule has 0 saturated carbocycles. The Morgan fingerprint density at radius 1 is 1.33 bits per heavy atom. The summed E-state index contributed by atoms with van der Waals surface area (Å²) >= 11 is 0. The van der Waals surface area contributed by atoms with Gasteiger partial charge in [-0.2, -0.15) is 0 Å². The van der Waals surface area contributed by atoms with Gasteiger partial charge in [0.25, 0.3) is 0 Å². The Morgan fingerprint density at radius 2 is 2.11 bits per heavy atom. The number of fused-ring (bicyclic) bond motifs is 1. The molecule has 96 valence electrons. The number of imidazole rings is 1. The van der Waals surface area contributed by atoms with Crippen LogP contribution in [0.3, 0.4) is 0 Å². The van der Waals surface area contributed by atoms with E-state index in [2.05, 4.69) is 39.3 Å². The summed E-state index contributed by atoms with van der Waals surface area (Å²) in [6, 6.07) is 1.97. The van der Waals surface area contributed by atoms with Gasteiger partial charge in [-0.1, -0.05) is 6.92 Å². The summed E-state index contributed by atoms with van der Waals surface area (Å²) in [4.78, 5) is 11.4. The van der Waals surface area contributed by atoms with Gasteiger partial charge in [0, 0.05) is 18.9 Å². The highest BCUT2D eigenvalue weighted by Gasteiger charge is 2.18. The van der Waals surface area contributed by atoms with E-state index in [4.69, 9.17) is 0 Å². The predicted octanol–water partition coefficient (Wildman–Crippen LogP) is 2.27. The van der Waals surface area contributed by atoms with Gasteiger partial charge in [0.1, 0.15) is 0 Å². The van der Waals surface area contributed by atoms with E-state index in [0.29, 0.717) is 0 Å². The minimum absolute atomic E-state index is 0.815. The number of rotatable bonds is 2. The van der Waals surface area contributed by atoms with Crippen molar-refractivity contribution in [3.63, 3.8) is 0 Å². The fourth-order valence-corrected chi connectivity index (χ4v) is 2.67. The summed E-state index contributed by atoms with van der Waals surface area (Å²) in [5, 5.41) is 0. The number of piperidine rings is 1. The van der Waals surface area contributed by atoms with Gasteiger partial charge in [-0.05, 0) is 44.8 Å². The average Bonchev–Trinajstić information content (AvgIpc) is 2.69. The Hall–Kier alpha value is -1.42. The molecule has 0 aromatic carbocycles. The Balaban J connectivity index is 1.84. The van der Waals surface area contributed by atoms with Crippen LogP contribution in [-0.4, -0.2) is 32.4 Å². The molecule has 1 saturated heterocycles. The third-order valence-corrected chi connectivity index (χ3v) is 3.95. The number of aromatic nitrogens is 3. The van der Waals surface area contributed by atoms with Gasteiger partial charge in [0.2, 0.25) is 5.78 Å². The molecule has 0 aliphatic carbocycles. The fourth-order valence-electron chi connectivity index (χ4n) is 2.67. The van der Waals surface area contributed by atoms with E-state index in [-0.39, 0.29) is 0 Å². The second-order valence-electron chi connectivity index (χ2n) is 5.39. The van der Waals surface area contributed by atoms with Crippen LogP contribution < -0.4 is 0 Å². The lowest BCUT2D eigenvalue weighted by Gasteiger charge is -2.30. The molecule has 0 spiro atoms. The molecule has 1 fully saturated rings. The van der Waals surface area contributed by atoms with Crippen LogP contribution in [-0.2, 0) is 6.54 Å². The summed E-state index contributed by atoms with van der Waals surface area (Å²) in [7, 11) is 0. The van der Waals surface area contributed by atoms with Crippen molar-refractivity contribution in [3.8, 4) is 0 Å². The van der Waals surface area contributed by atoms with Crippen molar-refractivity contribution in [3.05, 3.63) is 29.8 Å².